The lowest BCUT2D eigenvalue weighted by atomic mass is 9.98. The van der Waals surface area contributed by atoms with Crippen LogP contribution in [0.4, 0.5) is 4.39 Å². The molecule has 0 spiro atoms. The number of amides is 1. The summed E-state index contributed by atoms with van der Waals surface area (Å²) in [6.07, 6.45) is 1.74. The Kier molecular flexibility index (Phi) is 5.02. The minimum atomic E-state index is -0.474. The Bertz CT molecular complexity index is 718. The van der Waals surface area contributed by atoms with Crippen LogP contribution < -0.4 is 4.74 Å². The quantitative estimate of drug-likeness (QED) is 0.756. The van der Waals surface area contributed by atoms with Crippen LogP contribution in [0, 0.1) is 5.82 Å². The van der Waals surface area contributed by atoms with Crippen LogP contribution in [0.1, 0.15) is 29.8 Å². The third-order valence-corrected chi connectivity index (χ3v) is 5.54. The van der Waals surface area contributed by atoms with Crippen LogP contribution in [0.2, 0.25) is 0 Å². The summed E-state index contributed by atoms with van der Waals surface area (Å²) in [6.45, 7) is 2.62. The summed E-state index contributed by atoms with van der Waals surface area (Å²) in [4.78, 5) is 15.7. The molecule has 2 aromatic rings. The van der Waals surface area contributed by atoms with Gasteiger partial charge in [0.15, 0.2) is 18.2 Å². The van der Waals surface area contributed by atoms with Gasteiger partial charge in [-0.25, -0.2) is 4.39 Å². The number of nitrogens with zero attached hydrogens (tertiary/aromatic N) is 1. The third kappa shape index (κ3) is 3.43. The molecule has 0 saturated heterocycles. The van der Waals surface area contributed by atoms with Crippen LogP contribution in [-0.2, 0) is 11.2 Å². The second-order valence-corrected chi connectivity index (χ2v) is 7.34. The van der Waals surface area contributed by atoms with E-state index in [2.05, 4.69) is 34.3 Å². The molecule has 0 radical (unpaired) electrons. The molecule has 2 heterocycles. The van der Waals surface area contributed by atoms with Crippen molar-refractivity contribution < 1.29 is 13.9 Å². The van der Waals surface area contributed by atoms with Crippen molar-refractivity contribution in [1.29, 1.82) is 0 Å². The van der Waals surface area contributed by atoms with Crippen LogP contribution >= 0.6 is 27.3 Å². The van der Waals surface area contributed by atoms with Crippen molar-refractivity contribution in [3.8, 4) is 5.75 Å². The molecule has 1 aromatic heterocycles. The van der Waals surface area contributed by atoms with E-state index in [1.807, 2.05) is 4.90 Å². The van der Waals surface area contributed by atoms with Crippen molar-refractivity contribution in [1.82, 2.24) is 4.90 Å². The zero-order chi connectivity index (χ0) is 16.4. The highest BCUT2D eigenvalue weighted by Crippen LogP contribution is 2.35. The topological polar surface area (TPSA) is 29.5 Å². The first-order valence-corrected chi connectivity index (χ1v) is 9.21. The van der Waals surface area contributed by atoms with E-state index in [0.29, 0.717) is 11.0 Å². The lowest BCUT2D eigenvalue weighted by molar-refractivity contribution is -0.136. The smallest absolute Gasteiger partial charge is 0.261 e. The van der Waals surface area contributed by atoms with Crippen molar-refractivity contribution in [2.24, 2.45) is 0 Å². The summed E-state index contributed by atoms with van der Waals surface area (Å²) in [7, 11) is 0. The first-order valence-electron chi connectivity index (χ1n) is 7.53. The van der Waals surface area contributed by atoms with Gasteiger partial charge in [0, 0.05) is 15.9 Å². The molecule has 0 aliphatic carbocycles. The highest BCUT2D eigenvalue weighted by molar-refractivity contribution is 9.10. The molecule has 122 valence electrons. The van der Waals surface area contributed by atoms with Gasteiger partial charge in [0.25, 0.3) is 5.91 Å². The molecule has 3 nitrogen and oxygen atoms in total. The molecule has 1 atom stereocenters. The van der Waals surface area contributed by atoms with Gasteiger partial charge >= 0.3 is 0 Å². The Labute approximate surface area is 147 Å². The fourth-order valence-electron chi connectivity index (χ4n) is 2.95. The van der Waals surface area contributed by atoms with Crippen LogP contribution in [0.15, 0.2) is 34.1 Å². The van der Waals surface area contributed by atoms with E-state index in [4.69, 9.17) is 4.74 Å². The van der Waals surface area contributed by atoms with Crippen LogP contribution in [-0.4, -0.2) is 24.0 Å². The minimum Gasteiger partial charge on any atom is -0.481 e. The highest BCUT2D eigenvalue weighted by Gasteiger charge is 2.30. The summed E-state index contributed by atoms with van der Waals surface area (Å²) in [5.41, 5.74) is 1.24. The van der Waals surface area contributed by atoms with Crippen molar-refractivity contribution >= 4 is 33.2 Å². The van der Waals surface area contributed by atoms with E-state index in [1.165, 1.54) is 22.6 Å². The number of carbonyl (C=O) groups is 1. The monoisotopic (exact) mass is 397 g/mol. The number of fused-ring (bicyclic) bond motifs is 1. The van der Waals surface area contributed by atoms with Gasteiger partial charge < -0.3 is 9.64 Å². The Morgan fingerprint density at radius 2 is 2.30 bits per heavy atom. The Balaban J connectivity index is 1.68. The Morgan fingerprint density at radius 3 is 3.04 bits per heavy atom. The molecule has 1 aliphatic rings. The van der Waals surface area contributed by atoms with E-state index >= 15 is 0 Å². The standard InChI is InChI=1S/C17H17BrFNO2S/c1-2-14-12-6-8-23-16(12)5-7-20(14)17(21)10-22-15-4-3-11(18)9-13(15)19/h3-4,6,8-9,14H,2,5,7,10H2,1H3/t14-/m1/s1. The molecule has 0 bridgehead atoms. The van der Waals surface area contributed by atoms with E-state index in [1.54, 1.807) is 17.4 Å². The van der Waals surface area contributed by atoms with Crippen LogP contribution in [0.5, 0.6) is 5.75 Å². The summed E-state index contributed by atoms with van der Waals surface area (Å²) >= 11 is 4.95. The Hall–Kier alpha value is -1.40. The van der Waals surface area contributed by atoms with Crippen molar-refractivity contribution in [3.63, 3.8) is 0 Å². The molecule has 23 heavy (non-hydrogen) atoms. The number of thiophene rings is 1. The maximum atomic E-state index is 13.8. The van der Waals surface area contributed by atoms with Gasteiger partial charge in [0.2, 0.25) is 0 Å². The van der Waals surface area contributed by atoms with E-state index in [0.717, 1.165) is 12.8 Å². The van der Waals surface area contributed by atoms with Gasteiger partial charge in [0.05, 0.1) is 6.04 Å². The lowest BCUT2D eigenvalue weighted by Gasteiger charge is -2.35. The predicted octanol–water partition coefficient (Wildman–Crippen LogP) is 4.56. The largest absolute Gasteiger partial charge is 0.481 e. The van der Waals surface area contributed by atoms with Crippen molar-refractivity contribution in [3.05, 3.63) is 50.4 Å². The SMILES string of the molecule is CC[C@@H]1c2ccsc2CCN1C(=O)COc1ccc(Br)cc1F. The molecule has 1 aliphatic heterocycles. The van der Waals surface area contributed by atoms with E-state index in [-0.39, 0.29) is 24.3 Å². The molecule has 0 N–H and O–H groups in total. The molecule has 0 fully saturated rings. The number of hydrogen-bond acceptors (Lipinski definition) is 3. The first kappa shape index (κ1) is 16.5. The summed E-state index contributed by atoms with van der Waals surface area (Å²) in [6, 6.07) is 6.74. The van der Waals surface area contributed by atoms with Crippen LogP contribution in [0.25, 0.3) is 0 Å². The van der Waals surface area contributed by atoms with Crippen molar-refractivity contribution in [2.75, 3.05) is 13.2 Å². The van der Waals surface area contributed by atoms with Gasteiger partial charge in [-0.3, -0.25) is 4.79 Å². The number of hydrogen-bond donors (Lipinski definition) is 0. The third-order valence-electron chi connectivity index (χ3n) is 4.05. The maximum absolute atomic E-state index is 13.8. The molecule has 0 saturated carbocycles. The fraction of sp³-hybridized carbons (Fsp3) is 0.353. The van der Waals surface area contributed by atoms with Gasteiger partial charge in [-0.2, -0.15) is 0 Å². The maximum Gasteiger partial charge on any atom is 0.261 e. The summed E-state index contributed by atoms with van der Waals surface area (Å²) in [5.74, 6) is -0.475. The predicted molar refractivity (Wildman–Crippen MR) is 92.4 cm³/mol. The fourth-order valence-corrected chi connectivity index (χ4v) is 4.21. The minimum absolute atomic E-state index is 0.0934. The lowest BCUT2D eigenvalue weighted by Crippen LogP contribution is -2.41. The average Bonchev–Trinajstić information content (AvgIpc) is 3.01. The Morgan fingerprint density at radius 1 is 1.48 bits per heavy atom. The first-order chi connectivity index (χ1) is 11.1. The highest BCUT2D eigenvalue weighted by atomic mass is 79.9. The normalized spacial score (nSPS) is 17.0. The second-order valence-electron chi connectivity index (χ2n) is 5.42. The summed E-state index contributed by atoms with van der Waals surface area (Å²) < 4.78 is 19.8. The van der Waals surface area contributed by atoms with Crippen molar-refractivity contribution in [2.45, 2.75) is 25.8 Å². The van der Waals surface area contributed by atoms with Gasteiger partial charge in [-0.1, -0.05) is 22.9 Å². The number of benzene rings is 1. The number of rotatable bonds is 4. The number of halogens is 2. The van der Waals surface area contributed by atoms with Gasteiger partial charge in [-0.15, -0.1) is 11.3 Å². The second kappa shape index (κ2) is 7.01. The summed E-state index contributed by atoms with van der Waals surface area (Å²) in [5, 5.41) is 2.08. The number of carbonyl (C=O) groups excluding carboxylic acids is 1. The molecule has 6 heteroatoms. The average molecular weight is 398 g/mol. The van der Waals surface area contributed by atoms with E-state index < -0.39 is 5.82 Å². The van der Waals surface area contributed by atoms with E-state index in [9.17, 15) is 9.18 Å². The molecule has 0 unspecified atom stereocenters. The van der Waals surface area contributed by atoms with Gasteiger partial charge in [-0.05, 0) is 48.1 Å². The molecule has 1 amide bonds. The van der Waals surface area contributed by atoms with Gasteiger partial charge in [0.1, 0.15) is 0 Å². The van der Waals surface area contributed by atoms with Crippen LogP contribution in [0.3, 0.4) is 0 Å². The molecular weight excluding hydrogens is 381 g/mol. The zero-order valence-electron chi connectivity index (χ0n) is 12.7. The molecule has 1 aromatic carbocycles. The zero-order valence-corrected chi connectivity index (χ0v) is 15.1. The number of ether oxygens (including phenoxy) is 1. The molecule has 3 rings (SSSR count). The molecular formula is C17H17BrFNO2S.